The minimum Gasteiger partial charge on any atom is -0.484 e. The van der Waals surface area contributed by atoms with Crippen molar-refractivity contribution in [3.8, 4) is 11.4 Å². The number of nitrogens with zero attached hydrogens (tertiary/aromatic N) is 6. The Morgan fingerprint density at radius 3 is 2.55 bits per heavy atom. The Balaban J connectivity index is 1.52. The van der Waals surface area contributed by atoms with Gasteiger partial charge in [0.25, 0.3) is 5.91 Å². The van der Waals surface area contributed by atoms with Crippen molar-refractivity contribution in [1.29, 1.82) is 0 Å². The maximum Gasteiger partial charge on any atom is 0.260 e. The Hall–Kier alpha value is -2.48. The van der Waals surface area contributed by atoms with Gasteiger partial charge in [0.15, 0.2) is 6.61 Å². The Labute approximate surface area is 128 Å². The third kappa shape index (κ3) is 3.40. The number of rotatable bonds is 4. The molecule has 1 aromatic carbocycles. The molecule has 1 fully saturated rings. The summed E-state index contributed by atoms with van der Waals surface area (Å²) in [6.45, 7) is 3.40. The predicted octanol–water partition coefficient (Wildman–Crippen LogP) is -0.185. The van der Waals surface area contributed by atoms with E-state index in [-0.39, 0.29) is 12.5 Å². The molecule has 0 aliphatic carbocycles. The third-order valence-electron chi connectivity index (χ3n) is 3.67. The van der Waals surface area contributed by atoms with Crippen LogP contribution in [0.25, 0.3) is 5.69 Å². The van der Waals surface area contributed by atoms with E-state index in [1.807, 2.05) is 17.0 Å². The van der Waals surface area contributed by atoms with Crippen LogP contribution in [0.15, 0.2) is 30.6 Å². The Morgan fingerprint density at radius 1 is 1.18 bits per heavy atom. The molecule has 1 amide bonds. The largest absolute Gasteiger partial charge is 0.484 e. The Kier molecular flexibility index (Phi) is 4.29. The van der Waals surface area contributed by atoms with E-state index in [2.05, 4.69) is 27.5 Å². The van der Waals surface area contributed by atoms with Crippen LogP contribution >= 0.6 is 0 Å². The molecule has 2 aromatic rings. The highest BCUT2D eigenvalue weighted by Crippen LogP contribution is 2.14. The van der Waals surface area contributed by atoms with Gasteiger partial charge >= 0.3 is 0 Å². The van der Waals surface area contributed by atoms with Crippen molar-refractivity contribution in [3.63, 3.8) is 0 Å². The fourth-order valence-electron chi connectivity index (χ4n) is 2.27. The third-order valence-corrected chi connectivity index (χ3v) is 3.67. The minimum absolute atomic E-state index is 0.0256. The van der Waals surface area contributed by atoms with E-state index >= 15 is 0 Å². The number of tetrazole rings is 1. The molecule has 0 saturated carbocycles. The number of amides is 1. The molecule has 0 bridgehead atoms. The highest BCUT2D eigenvalue weighted by Gasteiger charge is 2.19. The monoisotopic (exact) mass is 302 g/mol. The van der Waals surface area contributed by atoms with E-state index in [0.717, 1.165) is 31.9 Å². The first-order valence-corrected chi connectivity index (χ1v) is 7.15. The summed E-state index contributed by atoms with van der Waals surface area (Å²) < 4.78 is 7.11. The summed E-state index contributed by atoms with van der Waals surface area (Å²) in [6.07, 6.45) is 1.52. The molecule has 0 N–H and O–H groups in total. The lowest BCUT2D eigenvalue weighted by Crippen LogP contribution is -2.48. The first-order chi connectivity index (χ1) is 10.7. The average molecular weight is 302 g/mol. The Morgan fingerprint density at radius 2 is 1.91 bits per heavy atom. The van der Waals surface area contributed by atoms with Gasteiger partial charge in [-0.05, 0) is 41.7 Å². The van der Waals surface area contributed by atoms with Crippen molar-refractivity contribution in [3.05, 3.63) is 30.6 Å². The number of carbonyl (C=O) groups excluding carboxylic acids is 1. The fraction of sp³-hybridized carbons (Fsp3) is 0.429. The zero-order valence-electron chi connectivity index (χ0n) is 12.4. The smallest absolute Gasteiger partial charge is 0.260 e. The molecule has 8 nitrogen and oxygen atoms in total. The number of piperazine rings is 1. The normalized spacial score (nSPS) is 15.8. The SMILES string of the molecule is CN1CCN(C(=O)COc2ccc(-n3cnnn3)cc2)CC1. The number of hydrogen-bond donors (Lipinski definition) is 0. The standard InChI is InChI=1S/C14H18N6O2/c1-18-6-8-19(9-7-18)14(21)10-22-13-4-2-12(3-5-13)20-11-15-16-17-20/h2-5,11H,6-10H2,1H3. The van der Waals surface area contributed by atoms with Crippen LogP contribution in [0.3, 0.4) is 0 Å². The van der Waals surface area contributed by atoms with Gasteiger partial charge in [0, 0.05) is 26.2 Å². The molecular weight excluding hydrogens is 284 g/mol. The molecule has 22 heavy (non-hydrogen) atoms. The molecule has 116 valence electrons. The van der Waals surface area contributed by atoms with Crippen LogP contribution in [0, 0.1) is 0 Å². The van der Waals surface area contributed by atoms with Crippen LogP contribution in [0.5, 0.6) is 5.75 Å². The molecule has 1 aromatic heterocycles. The summed E-state index contributed by atoms with van der Waals surface area (Å²) in [5, 5.41) is 11.0. The van der Waals surface area contributed by atoms with Gasteiger partial charge in [-0.15, -0.1) is 5.10 Å². The van der Waals surface area contributed by atoms with Crippen LogP contribution in [0.1, 0.15) is 0 Å². The van der Waals surface area contributed by atoms with Crippen molar-refractivity contribution in [1.82, 2.24) is 30.0 Å². The van der Waals surface area contributed by atoms with E-state index in [1.165, 1.54) is 6.33 Å². The number of hydrogen-bond acceptors (Lipinski definition) is 6. The molecular formula is C14H18N6O2. The van der Waals surface area contributed by atoms with Gasteiger partial charge in [0.05, 0.1) is 5.69 Å². The van der Waals surface area contributed by atoms with Gasteiger partial charge in [0.1, 0.15) is 12.1 Å². The molecule has 0 atom stereocenters. The van der Waals surface area contributed by atoms with Gasteiger partial charge in [-0.2, -0.15) is 0 Å². The molecule has 2 heterocycles. The summed E-state index contributed by atoms with van der Waals surface area (Å²) in [6, 6.07) is 7.28. The molecule has 0 spiro atoms. The predicted molar refractivity (Wildman–Crippen MR) is 78.7 cm³/mol. The summed E-state index contributed by atoms with van der Waals surface area (Å²) in [5.41, 5.74) is 0.836. The first-order valence-electron chi connectivity index (χ1n) is 7.15. The van der Waals surface area contributed by atoms with Crippen LogP contribution in [-0.4, -0.2) is 75.7 Å². The summed E-state index contributed by atoms with van der Waals surface area (Å²) >= 11 is 0. The molecule has 3 rings (SSSR count). The maximum absolute atomic E-state index is 12.1. The second-order valence-electron chi connectivity index (χ2n) is 5.22. The van der Waals surface area contributed by atoms with Crippen molar-refractivity contribution in [2.24, 2.45) is 0 Å². The highest BCUT2D eigenvalue weighted by molar-refractivity contribution is 5.77. The fourth-order valence-corrected chi connectivity index (χ4v) is 2.27. The lowest BCUT2D eigenvalue weighted by molar-refractivity contribution is -0.134. The number of carbonyl (C=O) groups is 1. The molecule has 8 heteroatoms. The van der Waals surface area contributed by atoms with Gasteiger partial charge < -0.3 is 14.5 Å². The Bertz CT molecular complexity index is 605. The lowest BCUT2D eigenvalue weighted by atomic mass is 10.3. The maximum atomic E-state index is 12.1. The van der Waals surface area contributed by atoms with Crippen LogP contribution in [0.2, 0.25) is 0 Å². The van der Waals surface area contributed by atoms with E-state index in [0.29, 0.717) is 5.75 Å². The van der Waals surface area contributed by atoms with Crippen molar-refractivity contribution in [2.45, 2.75) is 0 Å². The van der Waals surface area contributed by atoms with E-state index < -0.39 is 0 Å². The number of benzene rings is 1. The van der Waals surface area contributed by atoms with Gasteiger partial charge in [-0.1, -0.05) is 0 Å². The quantitative estimate of drug-likeness (QED) is 0.779. The summed E-state index contributed by atoms with van der Waals surface area (Å²) in [7, 11) is 2.06. The average Bonchev–Trinajstić information content (AvgIpc) is 3.08. The van der Waals surface area contributed by atoms with Crippen molar-refractivity contribution < 1.29 is 9.53 Å². The lowest BCUT2D eigenvalue weighted by Gasteiger charge is -2.32. The second kappa shape index (κ2) is 6.52. The van der Waals surface area contributed by atoms with Gasteiger partial charge in [-0.25, -0.2) is 4.68 Å². The topological polar surface area (TPSA) is 76.4 Å². The van der Waals surface area contributed by atoms with Gasteiger partial charge in [0.2, 0.25) is 0 Å². The molecule has 1 saturated heterocycles. The number of ether oxygens (including phenoxy) is 1. The van der Waals surface area contributed by atoms with Crippen molar-refractivity contribution >= 4 is 5.91 Å². The minimum atomic E-state index is 0.0256. The number of aromatic nitrogens is 4. The molecule has 0 unspecified atom stereocenters. The van der Waals surface area contributed by atoms with E-state index in [4.69, 9.17) is 4.74 Å². The van der Waals surface area contributed by atoms with Gasteiger partial charge in [-0.3, -0.25) is 4.79 Å². The van der Waals surface area contributed by atoms with E-state index in [9.17, 15) is 4.79 Å². The summed E-state index contributed by atoms with van der Waals surface area (Å²) in [4.78, 5) is 16.1. The van der Waals surface area contributed by atoms with Crippen LogP contribution in [0.4, 0.5) is 0 Å². The highest BCUT2D eigenvalue weighted by atomic mass is 16.5. The van der Waals surface area contributed by atoms with Crippen LogP contribution < -0.4 is 4.74 Å². The zero-order valence-corrected chi connectivity index (χ0v) is 12.4. The van der Waals surface area contributed by atoms with Crippen LogP contribution in [-0.2, 0) is 4.79 Å². The molecule has 1 aliphatic heterocycles. The number of likely N-dealkylation sites (N-methyl/N-ethyl adjacent to an activating group) is 1. The molecule has 1 aliphatic rings. The van der Waals surface area contributed by atoms with E-state index in [1.54, 1.807) is 16.8 Å². The first kappa shape index (κ1) is 14.5. The van der Waals surface area contributed by atoms with Crippen molar-refractivity contribution in [2.75, 3.05) is 39.8 Å². The molecule has 0 radical (unpaired) electrons. The zero-order chi connectivity index (χ0) is 15.4. The summed E-state index contributed by atoms with van der Waals surface area (Å²) in [5.74, 6) is 0.678. The second-order valence-corrected chi connectivity index (χ2v) is 5.22.